The van der Waals surface area contributed by atoms with Gasteiger partial charge >= 0.3 is 0 Å². The summed E-state index contributed by atoms with van der Waals surface area (Å²) in [5.74, 6) is 0.360. The topological polar surface area (TPSA) is 52.7 Å². The third-order valence-electron chi connectivity index (χ3n) is 5.25. The molecule has 27 heavy (non-hydrogen) atoms. The lowest BCUT2D eigenvalue weighted by Gasteiger charge is -2.36. The number of anilines is 2. The van der Waals surface area contributed by atoms with Gasteiger partial charge in [0.15, 0.2) is 0 Å². The molecule has 1 heterocycles. The molecule has 1 fully saturated rings. The molecule has 140 valence electrons. The van der Waals surface area contributed by atoms with Gasteiger partial charge < -0.3 is 15.1 Å². The molecule has 2 aromatic carbocycles. The highest BCUT2D eigenvalue weighted by Crippen LogP contribution is 2.23. The maximum absolute atomic E-state index is 12.5. The largest absolute Gasteiger partial charge is 0.376 e. The lowest BCUT2D eigenvalue weighted by Crippen LogP contribution is -2.50. The second kappa shape index (κ2) is 7.61. The summed E-state index contributed by atoms with van der Waals surface area (Å²) in [4.78, 5) is 28.2. The molecule has 2 aliphatic rings. The van der Waals surface area contributed by atoms with E-state index >= 15 is 0 Å². The summed E-state index contributed by atoms with van der Waals surface area (Å²) >= 11 is 5.94. The quantitative estimate of drug-likeness (QED) is 0.882. The molecule has 1 amide bonds. The fraction of sp³-hybridized carbons (Fsp3) is 0.333. The van der Waals surface area contributed by atoms with E-state index in [-0.39, 0.29) is 18.2 Å². The maximum Gasteiger partial charge on any atom is 0.241 e. The third-order valence-corrected chi connectivity index (χ3v) is 5.50. The molecule has 0 bridgehead atoms. The Balaban J connectivity index is 1.28. The zero-order valence-corrected chi connectivity index (χ0v) is 15.8. The van der Waals surface area contributed by atoms with Crippen LogP contribution in [0.5, 0.6) is 0 Å². The monoisotopic (exact) mass is 383 g/mol. The molecule has 0 aromatic heterocycles. The molecule has 4 rings (SSSR count). The van der Waals surface area contributed by atoms with Crippen molar-refractivity contribution in [3.8, 4) is 0 Å². The Morgan fingerprint density at radius 2 is 1.67 bits per heavy atom. The number of Topliss-reactive ketones (excluding diaryl/α,β-unsaturated/α-hetero) is 1. The van der Waals surface area contributed by atoms with Crippen LogP contribution in [0.4, 0.5) is 11.4 Å². The zero-order valence-electron chi connectivity index (χ0n) is 15.1. The molecule has 1 N–H and O–H groups in total. The summed E-state index contributed by atoms with van der Waals surface area (Å²) in [6, 6.07) is 13.7. The molecule has 0 radical (unpaired) electrons. The standard InChI is InChI=1S/C21H22ClN3O2/c22-17-2-5-19(6-3-17)24-7-9-25(10-8-24)21(27)14-23-18-4-1-15-12-20(26)13-16(15)11-18/h1-6,11,23H,7-10,12-14H2. The number of nitrogens with zero attached hydrogens (tertiary/aromatic N) is 2. The number of hydrogen-bond donors (Lipinski definition) is 1. The van der Waals surface area contributed by atoms with Gasteiger partial charge in [0.1, 0.15) is 5.78 Å². The van der Waals surface area contributed by atoms with E-state index in [2.05, 4.69) is 10.2 Å². The van der Waals surface area contributed by atoms with Gasteiger partial charge in [-0.15, -0.1) is 0 Å². The summed E-state index contributed by atoms with van der Waals surface area (Å²) in [6.45, 7) is 3.32. The Labute approximate surface area is 163 Å². The Hall–Kier alpha value is -2.53. The van der Waals surface area contributed by atoms with Crippen molar-refractivity contribution in [1.82, 2.24) is 4.90 Å². The summed E-state index contributed by atoms with van der Waals surface area (Å²) < 4.78 is 0. The van der Waals surface area contributed by atoms with Crippen LogP contribution in [0.15, 0.2) is 42.5 Å². The van der Waals surface area contributed by atoms with Crippen molar-refractivity contribution in [2.45, 2.75) is 12.8 Å². The second-order valence-corrected chi connectivity index (χ2v) is 7.51. The maximum atomic E-state index is 12.5. The van der Waals surface area contributed by atoms with Crippen LogP contribution in [0, 0.1) is 0 Å². The molecule has 0 saturated carbocycles. The van der Waals surface area contributed by atoms with Gasteiger partial charge in [-0.05, 0) is 47.5 Å². The fourth-order valence-electron chi connectivity index (χ4n) is 3.72. The number of ketones is 1. The average Bonchev–Trinajstić information content (AvgIpc) is 3.06. The van der Waals surface area contributed by atoms with Crippen LogP contribution in [0.1, 0.15) is 11.1 Å². The van der Waals surface area contributed by atoms with Crippen LogP contribution in [0.2, 0.25) is 5.02 Å². The molecular formula is C21H22ClN3O2. The molecule has 1 saturated heterocycles. The van der Waals surface area contributed by atoms with Crippen LogP contribution in [-0.2, 0) is 22.4 Å². The minimum absolute atomic E-state index is 0.0994. The SMILES string of the molecule is O=C1Cc2ccc(NCC(=O)N3CCN(c4ccc(Cl)cc4)CC3)cc2C1. The number of amides is 1. The predicted molar refractivity (Wildman–Crippen MR) is 108 cm³/mol. The number of benzene rings is 2. The van der Waals surface area contributed by atoms with Crippen molar-refractivity contribution in [2.75, 3.05) is 42.9 Å². The Morgan fingerprint density at radius 3 is 2.41 bits per heavy atom. The van der Waals surface area contributed by atoms with E-state index < -0.39 is 0 Å². The number of piperazine rings is 1. The molecule has 1 aliphatic heterocycles. The molecule has 1 aliphatic carbocycles. The number of carbonyl (C=O) groups is 2. The first-order valence-corrected chi connectivity index (χ1v) is 9.62. The number of nitrogens with one attached hydrogen (secondary N) is 1. The number of halogens is 1. The summed E-state index contributed by atoms with van der Waals surface area (Å²) in [7, 11) is 0. The number of fused-ring (bicyclic) bond motifs is 1. The lowest BCUT2D eigenvalue weighted by molar-refractivity contribution is -0.129. The summed E-state index contributed by atoms with van der Waals surface area (Å²) in [6.07, 6.45) is 1.04. The number of hydrogen-bond acceptors (Lipinski definition) is 4. The van der Waals surface area contributed by atoms with Gasteiger partial charge in [-0.2, -0.15) is 0 Å². The zero-order chi connectivity index (χ0) is 18.8. The molecule has 2 aromatic rings. The predicted octanol–water partition coefficient (Wildman–Crippen LogP) is 2.77. The van der Waals surface area contributed by atoms with Crippen molar-refractivity contribution in [3.05, 3.63) is 58.6 Å². The molecule has 0 spiro atoms. The van der Waals surface area contributed by atoms with Gasteiger partial charge in [-0.3, -0.25) is 9.59 Å². The van der Waals surface area contributed by atoms with E-state index in [1.165, 1.54) is 0 Å². The third kappa shape index (κ3) is 4.08. The highest BCUT2D eigenvalue weighted by molar-refractivity contribution is 6.30. The van der Waals surface area contributed by atoms with E-state index in [1.807, 2.05) is 47.4 Å². The van der Waals surface area contributed by atoms with Crippen LogP contribution in [0.25, 0.3) is 0 Å². The highest BCUT2D eigenvalue weighted by atomic mass is 35.5. The van der Waals surface area contributed by atoms with E-state index in [0.29, 0.717) is 25.9 Å². The van der Waals surface area contributed by atoms with Gasteiger partial charge in [0.25, 0.3) is 0 Å². The van der Waals surface area contributed by atoms with Crippen molar-refractivity contribution >= 4 is 34.7 Å². The second-order valence-electron chi connectivity index (χ2n) is 7.07. The van der Waals surface area contributed by atoms with Crippen LogP contribution in [0.3, 0.4) is 0 Å². The number of carbonyl (C=O) groups excluding carboxylic acids is 2. The first-order valence-electron chi connectivity index (χ1n) is 9.24. The Bertz CT molecular complexity index is 858. The highest BCUT2D eigenvalue weighted by Gasteiger charge is 2.22. The van der Waals surface area contributed by atoms with E-state index in [1.54, 1.807) is 0 Å². The smallest absolute Gasteiger partial charge is 0.241 e. The molecular weight excluding hydrogens is 362 g/mol. The molecule has 5 nitrogen and oxygen atoms in total. The molecule has 6 heteroatoms. The van der Waals surface area contributed by atoms with E-state index in [4.69, 9.17) is 11.6 Å². The first kappa shape index (κ1) is 17.9. The van der Waals surface area contributed by atoms with Gasteiger partial charge in [0.2, 0.25) is 5.91 Å². The van der Waals surface area contributed by atoms with Gasteiger partial charge in [-0.1, -0.05) is 17.7 Å². The van der Waals surface area contributed by atoms with Crippen LogP contribution < -0.4 is 10.2 Å². The summed E-state index contributed by atoms with van der Waals surface area (Å²) in [5, 5.41) is 3.94. The minimum Gasteiger partial charge on any atom is -0.376 e. The summed E-state index contributed by atoms with van der Waals surface area (Å²) in [5.41, 5.74) is 4.22. The minimum atomic E-state index is 0.0994. The van der Waals surface area contributed by atoms with Gasteiger partial charge in [0, 0.05) is 55.4 Å². The molecule has 0 atom stereocenters. The number of rotatable bonds is 4. The Morgan fingerprint density at radius 1 is 0.963 bits per heavy atom. The lowest BCUT2D eigenvalue weighted by atomic mass is 10.1. The Kier molecular flexibility index (Phi) is 5.03. The van der Waals surface area contributed by atoms with Crippen molar-refractivity contribution in [2.24, 2.45) is 0 Å². The molecule has 0 unspecified atom stereocenters. The first-order chi connectivity index (χ1) is 13.1. The average molecular weight is 384 g/mol. The van der Waals surface area contributed by atoms with Crippen LogP contribution >= 0.6 is 11.6 Å². The van der Waals surface area contributed by atoms with E-state index in [0.717, 1.165) is 40.6 Å². The van der Waals surface area contributed by atoms with Crippen molar-refractivity contribution in [3.63, 3.8) is 0 Å². The van der Waals surface area contributed by atoms with Crippen molar-refractivity contribution < 1.29 is 9.59 Å². The normalized spacial score (nSPS) is 16.4. The van der Waals surface area contributed by atoms with Gasteiger partial charge in [0.05, 0.1) is 6.54 Å². The fourth-order valence-corrected chi connectivity index (χ4v) is 3.84. The van der Waals surface area contributed by atoms with Gasteiger partial charge in [-0.25, -0.2) is 0 Å². The van der Waals surface area contributed by atoms with E-state index in [9.17, 15) is 9.59 Å². The van der Waals surface area contributed by atoms with Crippen LogP contribution in [-0.4, -0.2) is 49.3 Å². The van der Waals surface area contributed by atoms with Crippen molar-refractivity contribution in [1.29, 1.82) is 0 Å².